The molecule has 2 heterocycles. The lowest BCUT2D eigenvalue weighted by Gasteiger charge is -2.39. The Morgan fingerprint density at radius 1 is 1.08 bits per heavy atom. The number of aliphatic hydroxyl groups is 1. The predicted octanol–water partition coefficient (Wildman–Crippen LogP) is 4.49. The molecule has 0 atom stereocenters. The monoisotopic (exact) mass is 385 g/mol. The van der Waals surface area contributed by atoms with Crippen LogP contribution in [0.5, 0.6) is 0 Å². The fourth-order valence-electron chi connectivity index (χ4n) is 3.54. The second-order valence-electron chi connectivity index (χ2n) is 6.61. The molecule has 1 fully saturated rings. The van der Waals surface area contributed by atoms with Gasteiger partial charge in [-0.3, -0.25) is 0 Å². The molecule has 1 aliphatic rings. The Bertz CT molecular complexity index is 924. The quantitative estimate of drug-likeness (QED) is 0.673. The van der Waals surface area contributed by atoms with Crippen LogP contribution in [0.4, 0.5) is 5.82 Å². The van der Waals surface area contributed by atoms with Crippen molar-refractivity contribution in [1.29, 1.82) is 0 Å². The van der Waals surface area contributed by atoms with Crippen LogP contribution in [0.15, 0.2) is 53.7 Å². The first kappa shape index (κ1) is 17.6. The topological polar surface area (TPSA) is 49.2 Å². The van der Waals surface area contributed by atoms with E-state index >= 15 is 0 Å². The average molecular weight is 386 g/mol. The van der Waals surface area contributed by atoms with Crippen molar-refractivity contribution in [3.8, 4) is 0 Å². The molecule has 4 nitrogen and oxygen atoms in total. The highest BCUT2D eigenvalue weighted by molar-refractivity contribution is 7.98. The van der Waals surface area contributed by atoms with E-state index in [0.29, 0.717) is 17.9 Å². The lowest BCUT2D eigenvalue weighted by atomic mass is 9.84. The fourth-order valence-corrected chi connectivity index (χ4v) is 4.10. The lowest BCUT2D eigenvalue weighted by Crippen LogP contribution is -2.43. The Morgan fingerprint density at radius 2 is 1.81 bits per heavy atom. The first-order valence-electron chi connectivity index (χ1n) is 8.61. The number of nitrogens with zero attached hydrogens (tertiary/aromatic N) is 3. The van der Waals surface area contributed by atoms with Gasteiger partial charge in [0.1, 0.15) is 12.1 Å². The van der Waals surface area contributed by atoms with Crippen LogP contribution in [0, 0.1) is 0 Å². The standard InChI is InChI=1S/C20H20ClN3OS/c1-26-16-6-7-18-17(12-16)19(23-13-22-18)24-10-8-20(25,9-11-24)14-2-4-15(21)5-3-14/h2-7,12-13,25H,8-11H2,1H3. The lowest BCUT2D eigenvalue weighted by molar-refractivity contribution is 0.0117. The number of aromatic nitrogens is 2. The van der Waals surface area contributed by atoms with Crippen LogP contribution < -0.4 is 4.90 Å². The first-order chi connectivity index (χ1) is 12.6. The molecule has 134 valence electrons. The molecule has 26 heavy (non-hydrogen) atoms. The molecule has 4 rings (SSSR count). The van der Waals surface area contributed by atoms with E-state index in [1.54, 1.807) is 18.1 Å². The number of rotatable bonds is 3. The van der Waals surface area contributed by atoms with E-state index in [2.05, 4.69) is 33.3 Å². The van der Waals surface area contributed by atoms with E-state index in [4.69, 9.17) is 11.6 Å². The molecule has 0 bridgehead atoms. The molecule has 0 unspecified atom stereocenters. The van der Waals surface area contributed by atoms with E-state index in [9.17, 15) is 5.11 Å². The first-order valence-corrected chi connectivity index (χ1v) is 10.2. The van der Waals surface area contributed by atoms with Gasteiger partial charge >= 0.3 is 0 Å². The molecule has 3 aromatic rings. The summed E-state index contributed by atoms with van der Waals surface area (Å²) in [5.74, 6) is 0.948. The number of benzene rings is 2. The number of anilines is 1. The smallest absolute Gasteiger partial charge is 0.139 e. The van der Waals surface area contributed by atoms with Gasteiger partial charge in [-0.15, -0.1) is 11.8 Å². The molecule has 0 radical (unpaired) electrons. The van der Waals surface area contributed by atoms with Gasteiger partial charge in [0.15, 0.2) is 0 Å². The van der Waals surface area contributed by atoms with Crippen molar-refractivity contribution in [2.75, 3.05) is 24.2 Å². The molecule has 0 saturated carbocycles. The summed E-state index contributed by atoms with van der Waals surface area (Å²) < 4.78 is 0. The van der Waals surface area contributed by atoms with Gasteiger partial charge in [0.2, 0.25) is 0 Å². The number of hydrogen-bond acceptors (Lipinski definition) is 5. The summed E-state index contributed by atoms with van der Waals surface area (Å²) in [5.41, 5.74) is 1.07. The maximum atomic E-state index is 11.1. The molecule has 0 spiro atoms. The summed E-state index contributed by atoms with van der Waals surface area (Å²) in [7, 11) is 0. The average Bonchev–Trinajstić information content (AvgIpc) is 2.68. The van der Waals surface area contributed by atoms with Crippen molar-refractivity contribution in [3.63, 3.8) is 0 Å². The largest absolute Gasteiger partial charge is 0.385 e. The van der Waals surface area contributed by atoms with Crippen LogP contribution in [0.25, 0.3) is 10.9 Å². The number of thioether (sulfide) groups is 1. The minimum absolute atomic E-state index is 0.655. The highest BCUT2D eigenvalue weighted by Crippen LogP contribution is 2.36. The highest BCUT2D eigenvalue weighted by Gasteiger charge is 2.34. The molecule has 0 aliphatic carbocycles. The van der Waals surface area contributed by atoms with Crippen LogP contribution in [-0.4, -0.2) is 34.4 Å². The number of halogens is 1. The van der Waals surface area contributed by atoms with Gasteiger partial charge in [-0.1, -0.05) is 23.7 Å². The van der Waals surface area contributed by atoms with Crippen molar-refractivity contribution in [2.24, 2.45) is 0 Å². The van der Waals surface area contributed by atoms with Gasteiger partial charge in [-0.05, 0) is 55.0 Å². The van der Waals surface area contributed by atoms with Crippen LogP contribution in [-0.2, 0) is 5.60 Å². The van der Waals surface area contributed by atoms with Crippen LogP contribution in [0.2, 0.25) is 5.02 Å². The van der Waals surface area contributed by atoms with Crippen LogP contribution in [0.3, 0.4) is 0 Å². The fraction of sp³-hybridized carbons (Fsp3) is 0.300. The van der Waals surface area contributed by atoms with Crippen molar-refractivity contribution in [3.05, 3.63) is 59.4 Å². The van der Waals surface area contributed by atoms with Gasteiger partial charge in [-0.25, -0.2) is 9.97 Å². The van der Waals surface area contributed by atoms with Crippen molar-refractivity contribution in [1.82, 2.24) is 9.97 Å². The molecule has 0 amide bonds. The predicted molar refractivity (Wildman–Crippen MR) is 108 cm³/mol. The van der Waals surface area contributed by atoms with Gasteiger partial charge in [-0.2, -0.15) is 0 Å². The zero-order chi connectivity index (χ0) is 18.1. The molecule has 1 aromatic heterocycles. The van der Waals surface area contributed by atoms with Gasteiger partial charge in [0.25, 0.3) is 0 Å². The molecule has 1 saturated heterocycles. The SMILES string of the molecule is CSc1ccc2ncnc(N3CCC(O)(c4ccc(Cl)cc4)CC3)c2c1. The highest BCUT2D eigenvalue weighted by atomic mass is 35.5. The third kappa shape index (κ3) is 3.27. The summed E-state index contributed by atoms with van der Waals surface area (Å²) in [6, 6.07) is 13.8. The second kappa shape index (κ2) is 7.06. The molecule has 2 aromatic carbocycles. The van der Waals surface area contributed by atoms with Gasteiger partial charge in [0.05, 0.1) is 11.1 Å². The van der Waals surface area contributed by atoms with Crippen molar-refractivity contribution in [2.45, 2.75) is 23.3 Å². The third-order valence-electron chi connectivity index (χ3n) is 5.09. The van der Waals surface area contributed by atoms with Gasteiger partial charge < -0.3 is 10.0 Å². The molecule has 6 heteroatoms. The second-order valence-corrected chi connectivity index (χ2v) is 7.92. The Labute approximate surface area is 162 Å². The Hall–Kier alpha value is -1.82. The van der Waals surface area contributed by atoms with Crippen molar-refractivity contribution >= 4 is 40.1 Å². The number of fused-ring (bicyclic) bond motifs is 1. The summed E-state index contributed by atoms with van der Waals surface area (Å²) in [4.78, 5) is 12.4. The Kier molecular flexibility index (Phi) is 4.78. The van der Waals surface area contributed by atoms with E-state index in [1.807, 2.05) is 30.3 Å². The minimum Gasteiger partial charge on any atom is -0.385 e. The van der Waals surface area contributed by atoms with Crippen LogP contribution in [0.1, 0.15) is 18.4 Å². The van der Waals surface area contributed by atoms with E-state index in [-0.39, 0.29) is 0 Å². The molecular weight excluding hydrogens is 366 g/mol. The molecule has 1 N–H and O–H groups in total. The minimum atomic E-state index is -0.811. The van der Waals surface area contributed by atoms with Crippen molar-refractivity contribution < 1.29 is 5.11 Å². The maximum Gasteiger partial charge on any atom is 0.139 e. The summed E-state index contributed by atoms with van der Waals surface area (Å²) >= 11 is 7.69. The van der Waals surface area contributed by atoms with E-state index < -0.39 is 5.60 Å². The maximum absolute atomic E-state index is 11.1. The summed E-state index contributed by atoms with van der Waals surface area (Å²) in [6.45, 7) is 1.49. The zero-order valence-electron chi connectivity index (χ0n) is 14.5. The summed E-state index contributed by atoms with van der Waals surface area (Å²) in [6.07, 6.45) is 5.00. The zero-order valence-corrected chi connectivity index (χ0v) is 16.1. The Morgan fingerprint density at radius 3 is 2.50 bits per heavy atom. The van der Waals surface area contributed by atoms with E-state index in [0.717, 1.165) is 35.4 Å². The van der Waals surface area contributed by atoms with E-state index in [1.165, 1.54) is 4.90 Å². The number of piperidine rings is 1. The normalized spacial score (nSPS) is 16.8. The van der Waals surface area contributed by atoms with Crippen LogP contribution >= 0.6 is 23.4 Å². The van der Waals surface area contributed by atoms with Gasteiger partial charge in [0, 0.05) is 28.4 Å². The molecular formula is C20H20ClN3OS. The molecule has 1 aliphatic heterocycles. The Balaban J connectivity index is 1.60. The summed E-state index contributed by atoms with van der Waals surface area (Å²) in [5, 5.41) is 12.8. The third-order valence-corrected chi connectivity index (χ3v) is 6.07. The number of hydrogen-bond donors (Lipinski definition) is 1.